The molecule has 0 spiro atoms. The monoisotopic (exact) mass is 276 g/mol. The summed E-state index contributed by atoms with van der Waals surface area (Å²) in [7, 11) is 0. The maximum Gasteiger partial charge on any atom is 0.0501 e. The summed E-state index contributed by atoms with van der Waals surface area (Å²) in [6.07, 6.45) is 0. The molecule has 0 fully saturated rings. The highest BCUT2D eigenvalue weighted by molar-refractivity contribution is 8.93. The van der Waals surface area contributed by atoms with Crippen molar-refractivity contribution < 1.29 is 0 Å². The highest BCUT2D eigenvalue weighted by Crippen LogP contribution is 2.27. The zero-order valence-corrected chi connectivity index (χ0v) is 11.0. The number of hydrogen-bond donors (Lipinski definition) is 1. The summed E-state index contributed by atoms with van der Waals surface area (Å²) in [6.45, 7) is 4.09. The van der Waals surface area contributed by atoms with Crippen molar-refractivity contribution in [2.75, 3.05) is 0 Å². The van der Waals surface area contributed by atoms with Crippen LogP contribution in [0.1, 0.15) is 11.4 Å². The number of benzene rings is 1. The molecule has 3 heteroatoms. The standard InChI is InChI=1S/C13H12N2.BrH/c1-8-7-12-13(9(2)14-8)10-5-3-4-6-11(10)15-12;/h3-7,15H,1-2H3;1H. The van der Waals surface area contributed by atoms with Crippen LogP contribution in [-0.4, -0.2) is 9.97 Å². The van der Waals surface area contributed by atoms with E-state index in [0.29, 0.717) is 0 Å². The maximum atomic E-state index is 4.50. The number of para-hydroxylation sites is 1. The number of halogens is 1. The molecule has 2 nitrogen and oxygen atoms in total. The molecule has 0 saturated carbocycles. The summed E-state index contributed by atoms with van der Waals surface area (Å²) in [5, 5.41) is 2.51. The summed E-state index contributed by atoms with van der Waals surface area (Å²) >= 11 is 0. The molecule has 0 aliphatic heterocycles. The number of nitrogens with one attached hydrogen (secondary N) is 1. The van der Waals surface area contributed by atoms with Crippen LogP contribution in [0.5, 0.6) is 0 Å². The third-order valence-electron chi connectivity index (χ3n) is 2.79. The minimum Gasteiger partial charge on any atom is -0.354 e. The lowest BCUT2D eigenvalue weighted by Gasteiger charge is -1.98. The SMILES string of the molecule is Br.Cc1cc2[nH]c3ccccc3c2c(C)n1. The van der Waals surface area contributed by atoms with Gasteiger partial charge in [0.2, 0.25) is 0 Å². The molecule has 0 aliphatic carbocycles. The molecule has 2 aromatic heterocycles. The Balaban J connectivity index is 0.000000963. The summed E-state index contributed by atoms with van der Waals surface area (Å²) in [5.41, 5.74) is 4.53. The van der Waals surface area contributed by atoms with E-state index >= 15 is 0 Å². The number of H-pyrrole nitrogens is 1. The second-order valence-electron chi connectivity index (χ2n) is 3.94. The minimum absolute atomic E-state index is 0. The predicted molar refractivity (Wildman–Crippen MR) is 73.4 cm³/mol. The zero-order valence-electron chi connectivity index (χ0n) is 9.24. The van der Waals surface area contributed by atoms with Gasteiger partial charge in [-0.1, -0.05) is 18.2 Å². The van der Waals surface area contributed by atoms with E-state index in [1.165, 1.54) is 21.8 Å². The highest BCUT2D eigenvalue weighted by atomic mass is 79.9. The molecular formula is C13H13BrN2. The topological polar surface area (TPSA) is 28.7 Å². The third kappa shape index (κ3) is 1.52. The molecule has 0 saturated heterocycles. The van der Waals surface area contributed by atoms with Gasteiger partial charge in [0.05, 0.1) is 5.52 Å². The van der Waals surface area contributed by atoms with Gasteiger partial charge in [-0.15, -0.1) is 17.0 Å². The molecule has 0 aliphatic rings. The van der Waals surface area contributed by atoms with Gasteiger partial charge in [0.15, 0.2) is 0 Å². The fourth-order valence-corrected chi connectivity index (χ4v) is 2.22. The molecule has 1 aromatic carbocycles. The lowest BCUT2D eigenvalue weighted by atomic mass is 10.1. The van der Waals surface area contributed by atoms with E-state index < -0.39 is 0 Å². The van der Waals surface area contributed by atoms with E-state index in [1.54, 1.807) is 0 Å². The molecule has 3 rings (SSSR count). The van der Waals surface area contributed by atoms with Gasteiger partial charge in [0.25, 0.3) is 0 Å². The molecule has 2 heterocycles. The van der Waals surface area contributed by atoms with Crippen molar-refractivity contribution in [3.8, 4) is 0 Å². The van der Waals surface area contributed by atoms with Crippen LogP contribution >= 0.6 is 17.0 Å². The first-order chi connectivity index (χ1) is 7.25. The van der Waals surface area contributed by atoms with Crippen molar-refractivity contribution in [3.05, 3.63) is 41.7 Å². The second-order valence-corrected chi connectivity index (χ2v) is 3.94. The van der Waals surface area contributed by atoms with E-state index in [4.69, 9.17) is 0 Å². The van der Waals surface area contributed by atoms with Crippen LogP contribution in [0.2, 0.25) is 0 Å². The van der Waals surface area contributed by atoms with Crippen LogP contribution < -0.4 is 0 Å². The molecule has 0 radical (unpaired) electrons. The maximum absolute atomic E-state index is 4.50. The third-order valence-corrected chi connectivity index (χ3v) is 2.79. The van der Waals surface area contributed by atoms with Crippen molar-refractivity contribution in [1.82, 2.24) is 9.97 Å². The van der Waals surface area contributed by atoms with Gasteiger partial charge in [-0.25, -0.2) is 0 Å². The normalized spacial score (nSPS) is 10.6. The Hall–Kier alpha value is -1.35. The molecule has 82 valence electrons. The van der Waals surface area contributed by atoms with E-state index in [9.17, 15) is 0 Å². The van der Waals surface area contributed by atoms with Gasteiger partial charge < -0.3 is 4.98 Å². The molecule has 0 bridgehead atoms. The van der Waals surface area contributed by atoms with Gasteiger partial charge in [-0.2, -0.15) is 0 Å². The average Bonchev–Trinajstić information content (AvgIpc) is 2.54. The predicted octanol–water partition coefficient (Wildman–Crippen LogP) is 3.91. The van der Waals surface area contributed by atoms with Crippen LogP contribution in [0.25, 0.3) is 21.8 Å². The van der Waals surface area contributed by atoms with Gasteiger partial charge in [-0.05, 0) is 26.0 Å². The Bertz CT molecular complexity index is 655. The van der Waals surface area contributed by atoms with E-state index in [-0.39, 0.29) is 17.0 Å². The number of aryl methyl sites for hydroxylation is 2. The van der Waals surface area contributed by atoms with Crippen molar-refractivity contribution in [2.24, 2.45) is 0 Å². The van der Waals surface area contributed by atoms with Crippen molar-refractivity contribution >= 4 is 38.8 Å². The van der Waals surface area contributed by atoms with Crippen LogP contribution in [0.4, 0.5) is 0 Å². The van der Waals surface area contributed by atoms with E-state index in [1.807, 2.05) is 13.0 Å². The average molecular weight is 277 g/mol. The van der Waals surface area contributed by atoms with Gasteiger partial charge in [0.1, 0.15) is 0 Å². The van der Waals surface area contributed by atoms with E-state index in [2.05, 4.69) is 41.2 Å². The van der Waals surface area contributed by atoms with Gasteiger partial charge in [-0.3, -0.25) is 4.98 Å². The minimum atomic E-state index is 0. The second kappa shape index (κ2) is 3.91. The number of fused-ring (bicyclic) bond motifs is 3. The number of pyridine rings is 1. The van der Waals surface area contributed by atoms with Crippen LogP contribution in [-0.2, 0) is 0 Å². The number of rotatable bonds is 0. The summed E-state index contributed by atoms with van der Waals surface area (Å²) in [6, 6.07) is 10.5. The molecular weight excluding hydrogens is 264 g/mol. The molecule has 0 atom stereocenters. The van der Waals surface area contributed by atoms with Gasteiger partial charge >= 0.3 is 0 Å². The molecule has 16 heavy (non-hydrogen) atoms. The van der Waals surface area contributed by atoms with Crippen molar-refractivity contribution in [2.45, 2.75) is 13.8 Å². The summed E-state index contributed by atoms with van der Waals surface area (Å²) in [5.74, 6) is 0. The Morgan fingerprint density at radius 2 is 1.81 bits per heavy atom. The number of nitrogens with zero attached hydrogens (tertiary/aromatic N) is 1. The zero-order chi connectivity index (χ0) is 10.4. The first kappa shape index (κ1) is 11.1. The fraction of sp³-hybridized carbons (Fsp3) is 0.154. The first-order valence-corrected chi connectivity index (χ1v) is 5.10. The number of aromatic amines is 1. The number of hydrogen-bond acceptors (Lipinski definition) is 1. The Morgan fingerprint density at radius 3 is 2.62 bits per heavy atom. The van der Waals surface area contributed by atoms with E-state index in [0.717, 1.165) is 11.4 Å². The van der Waals surface area contributed by atoms with Crippen LogP contribution in [0, 0.1) is 13.8 Å². The lowest BCUT2D eigenvalue weighted by molar-refractivity contribution is 1.15. The smallest absolute Gasteiger partial charge is 0.0501 e. The highest BCUT2D eigenvalue weighted by Gasteiger charge is 2.07. The van der Waals surface area contributed by atoms with Crippen molar-refractivity contribution in [1.29, 1.82) is 0 Å². The summed E-state index contributed by atoms with van der Waals surface area (Å²) in [4.78, 5) is 7.92. The largest absolute Gasteiger partial charge is 0.354 e. The number of aromatic nitrogens is 2. The molecule has 0 amide bonds. The lowest BCUT2D eigenvalue weighted by Crippen LogP contribution is -1.85. The van der Waals surface area contributed by atoms with Gasteiger partial charge in [0, 0.05) is 27.7 Å². The first-order valence-electron chi connectivity index (χ1n) is 5.10. The fourth-order valence-electron chi connectivity index (χ4n) is 2.22. The van der Waals surface area contributed by atoms with Crippen LogP contribution in [0.15, 0.2) is 30.3 Å². The van der Waals surface area contributed by atoms with Crippen molar-refractivity contribution in [3.63, 3.8) is 0 Å². The molecule has 1 N–H and O–H groups in total. The Labute approximate surface area is 104 Å². The summed E-state index contributed by atoms with van der Waals surface area (Å²) < 4.78 is 0. The Morgan fingerprint density at radius 1 is 1.06 bits per heavy atom. The van der Waals surface area contributed by atoms with Crippen LogP contribution in [0.3, 0.4) is 0 Å². The molecule has 0 unspecified atom stereocenters. The Kier molecular flexibility index (Phi) is 2.72. The quantitative estimate of drug-likeness (QED) is 0.663. The molecule has 3 aromatic rings.